The third-order valence-electron chi connectivity index (χ3n) is 3.50. The van der Waals surface area contributed by atoms with Crippen LogP contribution in [-0.4, -0.2) is 31.8 Å². The lowest BCUT2D eigenvalue weighted by molar-refractivity contribution is -0.120. The number of carbonyl (C=O) groups excluding carboxylic acids is 1. The van der Waals surface area contributed by atoms with E-state index in [1.807, 2.05) is 47.3 Å². The van der Waals surface area contributed by atoms with Gasteiger partial charge in [-0.1, -0.05) is 18.2 Å². The van der Waals surface area contributed by atoms with Crippen LogP contribution in [0.2, 0.25) is 0 Å². The largest absolute Gasteiger partial charge is 0.356 e. The lowest BCUT2D eigenvalue weighted by Gasteiger charge is -2.05. The van der Waals surface area contributed by atoms with Crippen LogP contribution in [0, 0.1) is 0 Å². The Morgan fingerprint density at radius 1 is 1.22 bits per heavy atom. The first-order valence-electron chi connectivity index (χ1n) is 7.63. The number of carbonyl (C=O) groups is 1. The van der Waals surface area contributed by atoms with Gasteiger partial charge in [0.2, 0.25) is 5.91 Å². The standard InChI is InChI=1S/C17H19N5O/c23-17(19-7-4-9-21-10-8-18-14-21)11-15-12-20-22(13-15)16-5-2-1-3-6-16/h1-3,5-6,8,10,12-14H,4,7,9,11H2,(H,19,23). The van der Waals surface area contributed by atoms with Gasteiger partial charge in [-0.3, -0.25) is 4.79 Å². The molecule has 0 radical (unpaired) electrons. The monoisotopic (exact) mass is 309 g/mol. The second kappa shape index (κ2) is 7.40. The SMILES string of the molecule is O=C(Cc1cnn(-c2ccccc2)c1)NCCCn1ccnc1. The molecule has 2 aromatic heterocycles. The zero-order chi connectivity index (χ0) is 15.9. The minimum absolute atomic E-state index is 0.0169. The molecule has 6 nitrogen and oxygen atoms in total. The zero-order valence-corrected chi connectivity index (χ0v) is 12.8. The Kier molecular flexibility index (Phi) is 4.83. The molecule has 0 aliphatic rings. The first kappa shape index (κ1) is 15.0. The van der Waals surface area contributed by atoms with Crippen molar-refractivity contribution < 1.29 is 4.79 Å². The lowest BCUT2D eigenvalue weighted by Crippen LogP contribution is -2.26. The minimum Gasteiger partial charge on any atom is -0.356 e. The van der Waals surface area contributed by atoms with Crippen molar-refractivity contribution in [3.8, 4) is 5.69 Å². The van der Waals surface area contributed by atoms with Gasteiger partial charge in [-0.15, -0.1) is 0 Å². The van der Waals surface area contributed by atoms with Crippen molar-refractivity contribution in [3.63, 3.8) is 0 Å². The van der Waals surface area contributed by atoms with E-state index in [0.717, 1.165) is 24.2 Å². The smallest absolute Gasteiger partial charge is 0.224 e. The van der Waals surface area contributed by atoms with Gasteiger partial charge in [0.05, 0.1) is 24.6 Å². The summed E-state index contributed by atoms with van der Waals surface area (Å²) in [4.78, 5) is 15.9. The molecule has 3 rings (SSSR count). The number of rotatable bonds is 7. The molecule has 0 bridgehead atoms. The molecule has 0 aliphatic heterocycles. The van der Waals surface area contributed by atoms with Gasteiger partial charge >= 0.3 is 0 Å². The molecule has 1 amide bonds. The van der Waals surface area contributed by atoms with Crippen molar-refractivity contribution in [2.75, 3.05) is 6.54 Å². The Hall–Kier alpha value is -2.89. The molecular weight excluding hydrogens is 290 g/mol. The van der Waals surface area contributed by atoms with E-state index in [-0.39, 0.29) is 5.91 Å². The minimum atomic E-state index is 0.0169. The maximum atomic E-state index is 12.0. The van der Waals surface area contributed by atoms with Gasteiger partial charge in [-0.05, 0) is 24.1 Å². The summed E-state index contributed by atoms with van der Waals surface area (Å²) in [6.07, 6.45) is 10.3. The first-order valence-corrected chi connectivity index (χ1v) is 7.63. The van der Waals surface area contributed by atoms with E-state index in [1.54, 1.807) is 23.4 Å². The molecule has 0 aliphatic carbocycles. The summed E-state index contributed by atoms with van der Waals surface area (Å²) in [5.41, 5.74) is 1.89. The fourth-order valence-corrected chi connectivity index (χ4v) is 2.33. The fraction of sp³-hybridized carbons (Fsp3) is 0.235. The Balaban J connectivity index is 1.44. The maximum Gasteiger partial charge on any atom is 0.224 e. The van der Waals surface area contributed by atoms with E-state index in [0.29, 0.717) is 13.0 Å². The van der Waals surface area contributed by atoms with Crippen molar-refractivity contribution in [2.24, 2.45) is 0 Å². The van der Waals surface area contributed by atoms with Gasteiger partial charge in [-0.2, -0.15) is 5.10 Å². The molecule has 0 atom stereocenters. The molecule has 118 valence electrons. The van der Waals surface area contributed by atoms with E-state index in [4.69, 9.17) is 0 Å². The van der Waals surface area contributed by atoms with E-state index in [2.05, 4.69) is 15.4 Å². The molecule has 0 fully saturated rings. The number of hydrogen-bond donors (Lipinski definition) is 1. The Morgan fingerprint density at radius 2 is 2.09 bits per heavy atom. The van der Waals surface area contributed by atoms with E-state index >= 15 is 0 Å². The zero-order valence-electron chi connectivity index (χ0n) is 12.8. The van der Waals surface area contributed by atoms with Crippen molar-refractivity contribution in [1.82, 2.24) is 24.6 Å². The van der Waals surface area contributed by atoms with Crippen molar-refractivity contribution in [2.45, 2.75) is 19.4 Å². The van der Waals surface area contributed by atoms with Gasteiger partial charge in [0.1, 0.15) is 0 Å². The average Bonchev–Trinajstić information content (AvgIpc) is 3.24. The van der Waals surface area contributed by atoms with E-state index < -0.39 is 0 Å². The summed E-state index contributed by atoms with van der Waals surface area (Å²) in [5.74, 6) is 0.0169. The summed E-state index contributed by atoms with van der Waals surface area (Å²) >= 11 is 0. The number of para-hydroxylation sites is 1. The van der Waals surface area contributed by atoms with Gasteiger partial charge in [0, 0.05) is 31.7 Å². The number of imidazole rings is 1. The summed E-state index contributed by atoms with van der Waals surface area (Å²) in [7, 11) is 0. The normalized spacial score (nSPS) is 10.6. The van der Waals surface area contributed by atoms with Crippen LogP contribution in [0.25, 0.3) is 5.69 Å². The third-order valence-corrected chi connectivity index (χ3v) is 3.50. The van der Waals surface area contributed by atoms with Crippen molar-refractivity contribution in [1.29, 1.82) is 0 Å². The highest BCUT2D eigenvalue weighted by atomic mass is 16.1. The molecular formula is C17H19N5O. The van der Waals surface area contributed by atoms with Gasteiger partial charge < -0.3 is 9.88 Å². The van der Waals surface area contributed by atoms with E-state index in [1.165, 1.54) is 0 Å². The van der Waals surface area contributed by atoms with Gasteiger partial charge in [0.15, 0.2) is 0 Å². The highest BCUT2D eigenvalue weighted by molar-refractivity contribution is 5.78. The number of aryl methyl sites for hydroxylation is 1. The van der Waals surface area contributed by atoms with Gasteiger partial charge in [-0.25, -0.2) is 9.67 Å². The summed E-state index contributed by atoms with van der Waals surface area (Å²) < 4.78 is 3.78. The molecule has 6 heteroatoms. The van der Waals surface area contributed by atoms with E-state index in [9.17, 15) is 4.79 Å². The lowest BCUT2D eigenvalue weighted by atomic mass is 10.2. The van der Waals surface area contributed by atoms with Crippen LogP contribution in [-0.2, 0) is 17.8 Å². The van der Waals surface area contributed by atoms with Crippen LogP contribution in [0.5, 0.6) is 0 Å². The Bertz CT molecular complexity index is 733. The predicted octanol–water partition coefficient (Wildman–Crippen LogP) is 1.82. The summed E-state index contributed by atoms with van der Waals surface area (Å²) in [6.45, 7) is 1.51. The number of benzene rings is 1. The number of nitrogens with one attached hydrogen (secondary N) is 1. The van der Waals surface area contributed by atoms with Crippen LogP contribution in [0.15, 0.2) is 61.4 Å². The fourth-order valence-electron chi connectivity index (χ4n) is 2.33. The predicted molar refractivity (Wildman–Crippen MR) is 87.1 cm³/mol. The van der Waals surface area contributed by atoms with Crippen molar-refractivity contribution in [3.05, 3.63) is 67.0 Å². The molecule has 0 unspecified atom stereocenters. The first-order chi connectivity index (χ1) is 11.3. The number of aromatic nitrogens is 4. The van der Waals surface area contributed by atoms with Crippen LogP contribution in [0.4, 0.5) is 0 Å². The number of nitrogens with zero attached hydrogens (tertiary/aromatic N) is 4. The quantitative estimate of drug-likeness (QED) is 0.677. The highest BCUT2D eigenvalue weighted by Crippen LogP contribution is 2.08. The molecule has 3 aromatic rings. The van der Waals surface area contributed by atoms with Crippen LogP contribution in [0.1, 0.15) is 12.0 Å². The molecule has 23 heavy (non-hydrogen) atoms. The topological polar surface area (TPSA) is 64.7 Å². The number of hydrogen-bond acceptors (Lipinski definition) is 3. The number of amides is 1. The second-order valence-corrected chi connectivity index (χ2v) is 5.31. The van der Waals surface area contributed by atoms with Crippen molar-refractivity contribution >= 4 is 5.91 Å². The van der Waals surface area contributed by atoms with Crippen LogP contribution in [0.3, 0.4) is 0 Å². The summed E-state index contributed by atoms with van der Waals surface area (Å²) in [6, 6.07) is 9.85. The average molecular weight is 309 g/mol. The summed E-state index contributed by atoms with van der Waals surface area (Å²) in [5, 5.41) is 7.23. The Labute approximate surface area is 134 Å². The molecule has 1 N–H and O–H groups in total. The van der Waals surface area contributed by atoms with Crippen LogP contribution >= 0.6 is 0 Å². The molecule has 1 aromatic carbocycles. The molecule has 0 spiro atoms. The van der Waals surface area contributed by atoms with Crippen LogP contribution < -0.4 is 5.32 Å². The van der Waals surface area contributed by atoms with Gasteiger partial charge in [0.25, 0.3) is 0 Å². The highest BCUT2D eigenvalue weighted by Gasteiger charge is 2.06. The third kappa shape index (κ3) is 4.29. The molecule has 2 heterocycles. The second-order valence-electron chi connectivity index (χ2n) is 5.31. The molecule has 0 saturated heterocycles. The molecule has 0 saturated carbocycles. The Morgan fingerprint density at radius 3 is 2.87 bits per heavy atom. The maximum absolute atomic E-state index is 12.0.